The molecule has 1 aliphatic rings. The number of aliphatic hydroxyl groups is 1. The van der Waals surface area contributed by atoms with Crippen molar-refractivity contribution in [1.29, 1.82) is 5.26 Å². The first-order valence-corrected chi connectivity index (χ1v) is 7.33. The van der Waals surface area contributed by atoms with Gasteiger partial charge in [0.05, 0.1) is 23.3 Å². The van der Waals surface area contributed by atoms with Crippen molar-refractivity contribution in [2.45, 2.75) is 25.9 Å². The summed E-state index contributed by atoms with van der Waals surface area (Å²) < 4.78 is 5.64. The number of aliphatic hydroxyl groups excluding tert-OH is 1. The second-order valence-corrected chi connectivity index (χ2v) is 5.58. The summed E-state index contributed by atoms with van der Waals surface area (Å²) in [7, 11) is 0. The average molecular weight is 325 g/mol. The molecule has 1 aliphatic heterocycles. The first-order chi connectivity index (χ1) is 10.4. The molecule has 2 rings (SSSR count). The van der Waals surface area contributed by atoms with Gasteiger partial charge < -0.3 is 19.8 Å². The maximum atomic E-state index is 10.9. The molecule has 1 fully saturated rings. The molecule has 1 unspecified atom stereocenters. The minimum absolute atomic E-state index is 0.163. The maximum Gasteiger partial charge on any atom is 0.407 e. The fraction of sp³-hybridized carbons (Fsp3) is 0.467. The number of carbonyl (C=O) groups is 1. The van der Waals surface area contributed by atoms with Crippen LogP contribution in [0.3, 0.4) is 0 Å². The topological polar surface area (TPSA) is 93.8 Å². The van der Waals surface area contributed by atoms with Crippen molar-refractivity contribution in [2.24, 2.45) is 0 Å². The summed E-state index contributed by atoms with van der Waals surface area (Å²) >= 11 is 6.16. The number of nitrogens with zero attached hydrogens (tertiary/aromatic N) is 2. The zero-order valence-corrected chi connectivity index (χ0v) is 13.1. The molecule has 1 heterocycles. The summed E-state index contributed by atoms with van der Waals surface area (Å²) in [5.41, 5.74) is 1.38. The highest BCUT2D eigenvalue weighted by atomic mass is 35.5. The molecule has 1 atom stereocenters. The van der Waals surface area contributed by atoms with Crippen molar-refractivity contribution in [3.63, 3.8) is 0 Å². The lowest BCUT2D eigenvalue weighted by atomic mass is 9.85. The zero-order valence-electron chi connectivity index (χ0n) is 12.3. The van der Waals surface area contributed by atoms with Crippen molar-refractivity contribution in [3.8, 4) is 11.8 Å². The van der Waals surface area contributed by atoms with Gasteiger partial charge >= 0.3 is 6.09 Å². The van der Waals surface area contributed by atoms with Gasteiger partial charge in [-0.3, -0.25) is 0 Å². The Bertz CT molecular complexity index is 633. The number of likely N-dealkylation sites (tertiary alicyclic amines) is 1. The van der Waals surface area contributed by atoms with E-state index in [1.807, 2.05) is 0 Å². The third-order valence-electron chi connectivity index (χ3n) is 3.71. The Morgan fingerprint density at radius 3 is 2.73 bits per heavy atom. The minimum Gasteiger partial charge on any atom is -0.493 e. The Balaban J connectivity index is 2.54. The van der Waals surface area contributed by atoms with E-state index >= 15 is 0 Å². The van der Waals surface area contributed by atoms with Crippen molar-refractivity contribution in [2.75, 3.05) is 19.7 Å². The number of halogens is 1. The highest BCUT2D eigenvalue weighted by molar-refractivity contribution is 6.32. The number of carboxylic acid groups (broad SMARTS) is 1. The van der Waals surface area contributed by atoms with Gasteiger partial charge in [0.15, 0.2) is 0 Å². The number of nitriles is 1. The van der Waals surface area contributed by atoms with Gasteiger partial charge in [-0.25, -0.2) is 4.79 Å². The molecule has 0 saturated carbocycles. The Hall–Kier alpha value is -1.97. The monoisotopic (exact) mass is 324 g/mol. The van der Waals surface area contributed by atoms with Gasteiger partial charge in [-0.2, -0.15) is 5.26 Å². The summed E-state index contributed by atoms with van der Waals surface area (Å²) in [6.45, 7) is 4.33. The molecule has 1 saturated heterocycles. The van der Waals surface area contributed by atoms with Crippen LogP contribution in [0, 0.1) is 11.3 Å². The van der Waals surface area contributed by atoms with E-state index in [0.717, 1.165) is 0 Å². The summed E-state index contributed by atoms with van der Waals surface area (Å²) in [6, 6.07) is 3.60. The van der Waals surface area contributed by atoms with Crippen molar-refractivity contribution >= 4 is 17.7 Å². The van der Waals surface area contributed by atoms with E-state index in [-0.39, 0.29) is 29.6 Å². The van der Waals surface area contributed by atoms with Gasteiger partial charge in [-0.1, -0.05) is 11.6 Å². The van der Waals surface area contributed by atoms with E-state index in [2.05, 4.69) is 6.07 Å². The van der Waals surface area contributed by atoms with Crippen LogP contribution in [-0.2, 0) is 0 Å². The van der Waals surface area contributed by atoms with Gasteiger partial charge in [-0.05, 0) is 19.9 Å². The quantitative estimate of drug-likeness (QED) is 0.888. The summed E-state index contributed by atoms with van der Waals surface area (Å²) in [5, 5.41) is 28.5. The smallest absolute Gasteiger partial charge is 0.407 e. The lowest BCUT2D eigenvalue weighted by Crippen LogP contribution is -2.48. The van der Waals surface area contributed by atoms with Crippen molar-refractivity contribution in [1.82, 2.24) is 4.90 Å². The summed E-state index contributed by atoms with van der Waals surface area (Å²) in [5.74, 6) is 0.275. The second-order valence-electron chi connectivity index (χ2n) is 5.17. The highest BCUT2D eigenvalue weighted by Crippen LogP contribution is 2.43. The number of hydrogen-bond donors (Lipinski definition) is 2. The van der Waals surface area contributed by atoms with Gasteiger partial charge in [0.2, 0.25) is 0 Å². The van der Waals surface area contributed by atoms with Crippen LogP contribution in [0.4, 0.5) is 4.79 Å². The van der Waals surface area contributed by atoms with Crippen LogP contribution >= 0.6 is 11.6 Å². The van der Waals surface area contributed by atoms with Gasteiger partial charge in [-0.15, -0.1) is 0 Å². The first-order valence-electron chi connectivity index (χ1n) is 6.95. The Morgan fingerprint density at radius 2 is 2.27 bits per heavy atom. The van der Waals surface area contributed by atoms with Crippen molar-refractivity contribution in [3.05, 3.63) is 27.8 Å². The average Bonchev–Trinajstić information content (AvgIpc) is 2.39. The van der Waals surface area contributed by atoms with E-state index in [1.54, 1.807) is 13.8 Å². The number of ether oxygens (including phenoxy) is 1. The van der Waals surface area contributed by atoms with Crippen LogP contribution in [0.5, 0.6) is 5.75 Å². The Labute approximate surface area is 133 Å². The summed E-state index contributed by atoms with van der Waals surface area (Å²) in [6.07, 6.45) is -1.80. The molecule has 7 heteroatoms. The van der Waals surface area contributed by atoms with Crippen LogP contribution in [-0.4, -0.2) is 40.9 Å². The molecule has 1 aromatic carbocycles. The van der Waals surface area contributed by atoms with Crippen LogP contribution in [0.1, 0.15) is 42.6 Å². The predicted octanol–water partition coefficient (Wildman–Crippen LogP) is 2.74. The summed E-state index contributed by atoms with van der Waals surface area (Å²) in [4.78, 5) is 12.2. The molecule has 0 spiro atoms. The molecule has 22 heavy (non-hydrogen) atoms. The van der Waals surface area contributed by atoms with Crippen LogP contribution in [0.15, 0.2) is 6.07 Å². The molecule has 0 radical (unpaired) electrons. The Kier molecular flexibility index (Phi) is 4.79. The Morgan fingerprint density at radius 1 is 1.64 bits per heavy atom. The number of rotatable bonds is 4. The number of hydrogen-bond acceptors (Lipinski definition) is 4. The van der Waals surface area contributed by atoms with E-state index < -0.39 is 12.2 Å². The maximum absolute atomic E-state index is 10.9. The van der Waals surface area contributed by atoms with E-state index in [1.165, 1.54) is 11.0 Å². The molecule has 6 nitrogen and oxygen atoms in total. The fourth-order valence-corrected chi connectivity index (χ4v) is 2.87. The second kappa shape index (κ2) is 6.42. The molecule has 0 aliphatic carbocycles. The first kappa shape index (κ1) is 16.4. The van der Waals surface area contributed by atoms with Crippen LogP contribution < -0.4 is 4.74 Å². The molecule has 0 aromatic heterocycles. The van der Waals surface area contributed by atoms with Crippen LogP contribution in [0.2, 0.25) is 5.02 Å². The van der Waals surface area contributed by atoms with Crippen LogP contribution in [0.25, 0.3) is 0 Å². The third-order valence-corrected chi connectivity index (χ3v) is 4.01. The minimum atomic E-state index is -0.995. The normalized spacial score (nSPS) is 15.9. The largest absolute Gasteiger partial charge is 0.493 e. The van der Waals surface area contributed by atoms with Gasteiger partial charge in [0, 0.05) is 30.1 Å². The lowest BCUT2D eigenvalue weighted by Gasteiger charge is -2.39. The predicted molar refractivity (Wildman–Crippen MR) is 80.3 cm³/mol. The molecule has 1 aromatic rings. The molecular weight excluding hydrogens is 308 g/mol. The number of benzene rings is 1. The zero-order chi connectivity index (χ0) is 16.4. The molecule has 2 N–H and O–H groups in total. The highest BCUT2D eigenvalue weighted by Gasteiger charge is 2.37. The fourth-order valence-electron chi connectivity index (χ4n) is 2.61. The molecule has 0 bridgehead atoms. The van der Waals surface area contributed by atoms with E-state index in [4.69, 9.17) is 21.4 Å². The molecule has 1 amide bonds. The van der Waals surface area contributed by atoms with Gasteiger partial charge in [0.25, 0.3) is 0 Å². The molecular formula is C15H17ClN2O4. The van der Waals surface area contributed by atoms with Gasteiger partial charge in [0.1, 0.15) is 11.8 Å². The van der Waals surface area contributed by atoms with E-state index in [9.17, 15) is 15.2 Å². The molecule has 118 valence electrons. The lowest BCUT2D eigenvalue weighted by molar-refractivity contribution is 0.104. The SMILES string of the molecule is CCOc1c(C(C)O)cc(Cl)c(C#N)c1C1CN(C(=O)O)C1. The van der Waals surface area contributed by atoms with Crippen molar-refractivity contribution < 1.29 is 19.7 Å². The van der Waals surface area contributed by atoms with E-state index in [0.29, 0.717) is 23.5 Å². The number of amides is 1. The standard InChI is InChI=1S/C15H17ClN2O4/c1-3-22-14-10(8(2)19)4-12(16)11(5-17)13(14)9-6-18(7-9)15(20)21/h4,8-9,19H,3,6-7H2,1-2H3,(H,20,21). The third kappa shape index (κ3) is 2.82.